The molecule has 94 valence electrons. The van der Waals surface area contributed by atoms with Crippen LogP contribution in [-0.2, 0) is 6.54 Å². The van der Waals surface area contributed by atoms with Gasteiger partial charge in [-0.3, -0.25) is 0 Å². The summed E-state index contributed by atoms with van der Waals surface area (Å²) in [5, 5.41) is 3.11. The van der Waals surface area contributed by atoms with Crippen LogP contribution in [0.1, 0.15) is 16.7 Å². The Morgan fingerprint density at radius 3 is 2.39 bits per heavy atom. The lowest BCUT2D eigenvalue weighted by molar-refractivity contribution is 0.616. The summed E-state index contributed by atoms with van der Waals surface area (Å²) in [5.41, 5.74) is 3.16. The maximum Gasteiger partial charge on any atom is 0.126 e. The molecule has 0 aliphatic carbocycles. The molecule has 2 rings (SSSR count). The Morgan fingerprint density at radius 1 is 0.944 bits per heavy atom. The maximum absolute atomic E-state index is 13.4. The highest BCUT2D eigenvalue weighted by atomic mass is 19.1. The minimum absolute atomic E-state index is 0.217. The van der Waals surface area contributed by atoms with E-state index in [9.17, 15) is 8.78 Å². The number of aryl methyl sites for hydroxylation is 2. The van der Waals surface area contributed by atoms with Gasteiger partial charge in [0.15, 0.2) is 0 Å². The van der Waals surface area contributed by atoms with Crippen LogP contribution in [0.15, 0.2) is 36.4 Å². The molecule has 0 saturated carbocycles. The average molecular weight is 247 g/mol. The van der Waals surface area contributed by atoms with Gasteiger partial charge in [0.2, 0.25) is 0 Å². The zero-order valence-corrected chi connectivity index (χ0v) is 10.4. The molecular weight excluding hydrogens is 232 g/mol. The summed E-state index contributed by atoms with van der Waals surface area (Å²) in [7, 11) is 0. The first-order chi connectivity index (χ1) is 8.56. The molecule has 1 nitrogen and oxygen atoms in total. The average Bonchev–Trinajstić information content (AvgIpc) is 2.34. The molecule has 2 aromatic rings. The summed E-state index contributed by atoms with van der Waals surface area (Å²) < 4.78 is 26.5. The molecule has 0 unspecified atom stereocenters. The molecule has 0 aliphatic rings. The molecule has 0 saturated heterocycles. The lowest BCUT2D eigenvalue weighted by atomic mass is 10.1. The van der Waals surface area contributed by atoms with Gasteiger partial charge in [-0.05, 0) is 48.7 Å². The van der Waals surface area contributed by atoms with Crippen LogP contribution in [0.2, 0.25) is 0 Å². The minimum atomic E-state index is -0.279. The van der Waals surface area contributed by atoms with Gasteiger partial charge in [-0.25, -0.2) is 8.78 Å². The third-order valence-electron chi connectivity index (χ3n) is 2.92. The van der Waals surface area contributed by atoms with E-state index < -0.39 is 0 Å². The van der Waals surface area contributed by atoms with Crippen molar-refractivity contribution in [3.05, 3.63) is 64.7 Å². The van der Waals surface area contributed by atoms with Crippen molar-refractivity contribution in [1.82, 2.24) is 0 Å². The highest BCUT2D eigenvalue weighted by molar-refractivity contribution is 5.51. The SMILES string of the molecule is Cc1ccc(CNc2cc(F)ccc2C)cc1F. The Balaban J connectivity index is 2.11. The fourth-order valence-electron chi connectivity index (χ4n) is 1.73. The van der Waals surface area contributed by atoms with E-state index in [1.54, 1.807) is 19.1 Å². The van der Waals surface area contributed by atoms with Gasteiger partial charge >= 0.3 is 0 Å². The normalized spacial score (nSPS) is 10.4. The molecule has 18 heavy (non-hydrogen) atoms. The fourth-order valence-corrected chi connectivity index (χ4v) is 1.73. The smallest absolute Gasteiger partial charge is 0.126 e. The Labute approximate surface area is 105 Å². The van der Waals surface area contributed by atoms with Crippen LogP contribution in [0.5, 0.6) is 0 Å². The van der Waals surface area contributed by atoms with Gasteiger partial charge in [-0.2, -0.15) is 0 Å². The molecule has 1 N–H and O–H groups in total. The van der Waals surface area contributed by atoms with Crippen molar-refractivity contribution in [1.29, 1.82) is 0 Å². The van der Waals surface area contributed by atoms with E-state index in [-0.39, 0.29) is 11.6 Å². The highest BCUT2D eigenvalue weighted by Crippen LogP contribution is 2.17. The van der Waals surface area contributed by atoms with Gasteiger partial charge in [-0.15, -0.1) is 0 Å². The van der Waals surface area contributed by atoms with E-state index in [1.807, 2.05) is 13.0 Å². The van der Waals surface area contributed by atoms with Crippen molar-refractivity contribution in [2.24, 2.45) is 0 Å². The summed E-state index contributed by atoms with van der Waals surface area (Å²) >= 11 is 0. The molecule has 0 heterocycles. The van der Waals surface area contributed by atoms with Gasteiger partial charge in [0.05, 0.1) is 0 Å². The van der Waals surface area contributed by atoms with Gasteiger partial charge in [-0.1, -0.05) is 18.2 Å². The number of nitrogens with one attached hydrogen (secondary N) is 1. The minimum Gasteiger partial charge on any atom is -0.381 e. The van der Waals surface area contributed by atoms with Crippen LogP contribution in [0.3, 0.4) is 0 Å². The van der Waals surface area contributed by atoms with Gasteiger partial charge in [0.25, 0.3) is 0 Å². The lowest BCUT2D eigenvalue weighted by Crippen LogP contribution is -2.02. The third-order valence-corrected chi connectivity index (χ3v) is 2.92. The molecule has 3 heteroatoms. The second kappa shape index (κ2) is 5.17. The fraction of sp³-hybridized carbons (Fsp3) is 0.200. The van der Waals surface area contributed by atoms with Crippen LogP contribution in [-0.4, -0.2) is 0 Å². The number of rotatable bonds is 3. The van der Waals surface area contributed by atoms with Crippen LogP contribution < -0.4 is 5.32 Å². The highest BCUT2D eigenvalue weighted by Gasteiger charge is 2.02. The van der Waals surface area contributed by atoms with Gasteiger partial charge in [0.1, 0.15) is 11.6 Å². The lowest BCUT2D eigenvalue weighted by Gasteiger charge is -2.10. The molecule has 0 radical (unpaired) electrons. The van der Waals surface area contributed by atoms with Gasteiger partial charge in [0, 0.05) is 12.2 Å². The second-order valence-electron chi connectivity index (χ2n) is 4.40. The topological polar surface area (TPSA) is 12.0 Å². The van der Waals surface area contributed by atoms with Crippen LogP contribution in [0.25, 0.3) is 0 Å². The van der Waals surface area contributed by atoms with Gasteiger partial charge < -0.3 is 5.32 Å². The molecule has 2 aromatic carbocycles. The van der Waals surface area contributed by atoms with E-state index in [1.165, 1.54) is 18.2 Å². The first kappa shape index (κ1) is 12.6. The Kier molecular flexibility index (Phi) is 3.60. The number of hydrogen-bond donors (Lipinski definition) is 1. The Bertz CT molecular complexity index is 564. The first-order valence-corrected chi connectivity index (χ1v) is 5.81. The van der Waals surface area contributed by atoms with Crippen molar-refractivity contribution >= 4 is 5.69 Å². The second-order valence-corrected chi connectivity index (χ2v) is 4.40. The number of hydrogen-bond acceptors (Lipinski definition) is 1. The number of benzene rings is 2. The molecule has 0 bridgehead atoms. The summed E-state index contributed by atoms with van der Waals surface area (Å²) in [4.78, 5) is 0. The molecule has 0 fully saturated rings. The number of halogens is 2. The predicted molar refractivity (Wildman–Crippen MR) is 69.6 cm³/mol. The zero-order chi connectivity index (χ0) is 13.1. The van der Waals surface area contributed by atoms with Crippen molar-refractivity contribution in [2.75, 3.05) is 5.32 Å². The van der Waals surface area contributed by atoms with Crippen molar-refractivity contribution < 1.29 is 8.78 Å². The Morgan fingerprint density at radius 2 is 1.67 bits per heavy atom. The van der Waals surface area contributed by atoms with Crippen LogP contribution >= 0.6 is 0 Å². The molecular formula is C15H15F2N. The molecule has 0 atom stereocenters. The maximum atomic E-state index is 13.4. The summed E-state index contributed by atoms with van der Waals surface area (Å²) in [6.45, 7) is 4.10. The van der Waals surface area contributed by atoms with E-state index >= 15 is 0 Å². The van der Waals surface area contributed by atoms with Crippen molar-refractivity contribution in [2.45, 2.75) is 20.4 Å². The quantitative estimate of drug-likeness (QED) is 0.857. The summed E-state index contributed by atoms with van der Waals surface area (Å²) in [6, 6.07) is 9.68. The predicted octanol–water partition coefficient (Wildman–Crippen LogP) is 4.19. The Hall–Kier alpha value is -1.90. The van der Waals surface area contributed by atoms with E-state index in [0.29, 0.717) is 12.1 Å². The molecule has 0 aromatic heterocycles. The number of anilines is 1. The molecule has 0 spiro atoms. The van der Waals surface area contributed by atoms with Crippen molar-refractivity contribution in [3.63, 3.8) is 0 Å². The van der Waals surface area contributed by atoms with Crippen LogP contribution in [0, 0.1) is 25.5 Å². The van der Waals surface area contributed by atoms with E-state index in [4.69, 9.17) is 0 Å². The van der Waals surface area contributed by atoms with Crippen molar-refractivity contribution in [3.8, 4) is 0 Å². The largest absolute Gasteiger partial charge is 0.381 e. The van der Waals surface area contributed by atoms with E-state index in [2.05, 4.69) is 5.32 Å². The standard InChI is InChI=1S/C15H15F2N/c1-10-3-5-12(7-14(10)17)9-18-15-8-13(16)6-4-11(15)2/h3-8,18H,9H2,1-2H3. The van der Waals surface area contributed by atoms with E-state index in [0.717, 1.165) is 16.8 Å². The zero-order valence-electron chi connectivity index (χ0n) is 10.4. The monoisotopic (exact) mass is 247 g/mol. The molecule has 0 aliphatic heterocycles. The first-order valence-electron chi connectivity index (χ1n) is 5.81. The summed E-state index contributed by atoms with van der Waals surface area (Å²) in [6.07, 6.45) is 0. The molecule has 0 amide bonds. The summed E-state index contributed by atoms with van der Waals surface area (Å²) in [5.74, 6) is -0.497. The third kappa shape index (κ3) is 2.86. The van der Waals surface area contributed by atoms with Crippen LogP contribution in [0.4, 0.5) is 14.5 Å².